The molecule has 0 radical (unpaired) electrons. The van der Waals surface area contributed by atoms with Crippen LogP contribution in [-0.2, 0) is 0 Å². The summed E-state index contributed by atoms with van der Waals surface area (Å²) in [5.41, 5.74) is 2.97. The third-order valence-corrected chi connectivity index (χ3v) is 2.66. The lowest BCUT2D eigenvalue weighted by molar-refractivity contribution is 0.102. The fourth-order valence-corrected chi connectivity index (χ4v) is 1.66. The molecule has 98 valence electrons. The lowest BCUT2D eigenvalue weighted by Gasteiger charge is -2.08. The standard InChI is InChI=1S/C12H10ClFN4O/c13-9-6-7(3-4-10(9)14)17-12(19)8-2-1-5-16-11(8)18-15/h1-6H,15H2,(H,16,18)(H,17,19). The monoisotopic (exact) mass is 280 g/mol. The number of anilines is 2. The van der Waals surface area contributed by atoms with Gasteiger partial charge >= 0.3 is 0 Å². The van der Waals surface area contributed by atoms with Crippen molar-refractivity contribution >= 4 is 29.0 Å². The summed E-state index contributed by atoms with van der Waals surface area (Å²) < 4.78 is 13.0. The Hall–Kier alpha value is -2.18. The van der Waals surface area contributed by atoms with E-state index < -0.39 is 11.7 Å². The molecule has 0 aliphatic heterocycles. The smallest absolute Gasteiger partial charge is 0.259 e. The molecule has 0 spiro atoms. The maximum Gasteiger partial charge on any atom is 0.259 e. The number of nitrogens with one attached hydrogen (secondary N) is 2. The molecule has 0 saturated carbocycles. The summed E-state index contributed by atoms with van der Waals surface area (Å²) in [6.45, 7) is 0. The highest BCUT2D eigenvalue weighted by atomic mass is 35.5. The first-order valence-electron chi connectivity index (χ1n) is 5.30. The van der Waals surface area contributed by atoms with Crippen molar-refractivity contribution in [1.82, 2.24) is 4.98 Å². The van der Waals surface area contributed by atoms with Crippen LogP contribution in [0.1, 0.15) is 10.4 Å². The average Bonchev–Trinajstić information content (AvgIpc) is 2.43. The predicted octanol–water partition coefficient (Wildman–Crippen LogP) is 2.41. The SMILES string of the molecule is NNc1ncccc1C(=O)Nc1ccc(F)c(Cl)c1. The fourth-order valence-electron chi connectivity index (χ4n) is 1.48. The Kier molecular flexibility index (Phi) is 3.94. The van der Waals surface area contributed by atoms with Crippen molar-refractivity contribution in [3.05, 3.63) is 52.9 Å². The van der Waals surface area contributed by atoms with E-state index in [4.69, 9.17) is 17.4 Å². The number of hydrogen-bond acceptors (Lipinski definition) is 4. The highest BCUT2D eigenvalue weighted by Crippen LogP contribution is 2.20. The van der Waals surface area contributed by atoms with Crippen LogP contribution in [0.3, 0.4) is 0 Å². The van der Waals surface area contributed by atoms with E-state index in [1.54, 1.807) is 12.1 Å². The molecule has 2 rings (SSSR count). The first kappa shape index (κ1) is 13.3. The molecule has 1 amide bonds. The molecule has 0 aliphatic carbocycles. The molecular formula is C12H10ClFN4O. The Morgan fingerprint density at radius 1 is 1.37 bits per heavy atom. The second kappa shape index (κ2) is 5.64. The molecule has 1 aromatic heterocycles. The summed E-state index contributed by atoms with van der Waals surface area (Å²) in [7, 11) is 0. The number of nitrogens with zero attached hydrogens (tertiary/aromatic N) is 1. The van der Waals surface area contributed by atoms with Crippen molar-refractivity contribution in [2.75, 3.05) is 10.7 Å². The maximum absolute atomic E-state index is 13.0. The fraction of sp³-hybridized carbons (Fsp3) is 0. The zero-order valence-electron chi connectivity index (χ0n) is 9.65. The molecule has 0 aliphatic rings. The van der Waals surface area contributed by atoms with Gasteiger partial charge in [-0.1, -0.05) is 11.6 Å². The minimum absolute atomic E-state index is 0.0684. The number of nitrogen functional groups attached to an aromatic ring is 1. The second-order valence-electron chi connectivity index (χ2n) is 3.63. The third-order valence-electron chi connectivity index (χ3n) is 2.37. The largest absolute Gasteiger partial charge is 0.322 e. The molecule has 1 aromatic carbocycles. The van der Waals surface area contributed by atoms with Gasteiger partial charge in [-0.25, -0.2) is 15.2 Å². The van der Waals surface area contributed by atoms with Gasteiger partial charge in [0.05, 0.1) is 10.6 Å². The van der Waals surface area contributed by atoms with Gasteiger partial charge in [-0.05, 0) is 30.3 Å². The number of rotatable bonds is 3. The van der Waals surface area contributed by atoms with Crippen LogP contribution in [0.5, 0.6) is 0 Å². The molecule has 0 atom stereocenters. The molecule has 19 heavy (non-hydrogen) atoms. The number of aromatic nitrogens is 1. The number of halogens is 2. The summed E-state index contributed by atoms with van der Waals surface area (Å²) in [6, 6.07) is 7.06. The van der Waals surface area contributed by atoms with Crippen LogP contribution in [0.25, 0.3) is 0 Å². The number of hydrogen-bond donors (Lipinski definition) is 3. The quantitative estimate of drug-likeness (QED) is 0.596. The lowest BCUT2D eigenvalue weighted by atomic mass is 10.2. The van der Waals surface area contributed by atoms with Crippen LogP contribution in [0.15, 0.2) is 36.5 Å². The van der Waals surface area contributed by atoms with E-state index in [1.165, 1.54) is 24.4 Å². The van der Waals surface area contributed by atoms with Gasteiger partial charge < -0.3 is 10.7 Å². The zero-order chi connectivity index (χ0) is 13.8. The lowest BCUT2D eigenvalue weighted by Crippen LogP contribution is -2.18. The highest BCUT2D eigenvalue weighted by molar-refractivity contribution is 6.31. The predicted molar refractivity (Wildman–Crippen MR) is 71.4 cm³/mol. The summed E-state index contributed by atoms with van der Waals surface area (Å²) in [4.78, 5) is 15.9. The van der Waals surface area contributed by atoms with Gasteiger partial charge in [0, 0.05) is 11.9 Å². The van der Waals surface area contributed by atoms with Gasteiger partial charge in [0.15, 0.2) is 5.82 Å². The van der Waals surface area contributed by atoms with Crippen molar-refractivity contribution in [2.24, 2.45) is 5.84 Å². The topological polar surface area (TPSA) is 80.0 Å². The minimum Gasteiger partial charge on any atom is -0.322 e. The van der Waals surface area contributed by atoms with Crippen LogP contribution in [-0.4, -0.2) is 10.9 Å². The number of pyridine rings is 1. The van der Waals surface area contributed by atoms with Crippen molar-refractivity contribution < 1.29 is 9.18 Å². The summed E-state index contributed by atoms with van der Waals surface area (Å²) in [6.07, 6.45) is 1.50. The Balaban J connectivity index is 2.23. The average molecular weight is 281 g/mol. The van der Waals surface area contributed by atoms with Gasteiger partial charge in [0.2, 0.25) is 0 Å². The maximum atomic E-state index is 13.0. The molecule has 0 saturated heterocycles. The van der Waals surface area contributed by atoms with E-state index in [0.29, 0.717) is 5.69 Å². The van der Waals surface area contributed by atoms with Crippen LogP contribution in [0.2, 0.25) is 5.02 Å². The van der Waals surface area contributed by atoms with Gasteiger partial charge in [-0.15, -0.1) is 0 Å². The Bertz CT molecular complexity index is 620. The number of benzene rings is 1. The molecular weight excluding hydrogens is 271 g/mol. The van der Waals surface area contributed by atoms with Crippen molar-refractivity contribution in [3.63, 3.8) is 0 Å². The van der Waals surface area contributed by atoms with Gasteiger partial charge in [-0.2, -0.15) is 0 Å². The highest BCUT2D eigenvalue weighted by Gasteiger charge is 2.12. The van der Waals surface area contributed by atoms with Crippen molar-refractivity contribution in [1.29, 1.82) is 0 Å². The summed E-state index contributed by atoms with van der Waals surface area (Å²) in [5, 5.41) is 2.51. The molecule has 1 heterocycles. The molecule has 7 heteroatoms. The van der Waals surface area contributed by atoms with Crippen LogP contribution in [0.4, 0.5) is 15.9 Å². The van der Waals surface area contributed by atoms with E-state index in [1.807, 2.05) is 0 Å². The molecule has 4 N–H and O–H groups in total. The van der Waals surface area contributed by atoms with Crippen LogP contribution in [0, 0.1) is 5.82 Å². The second-order valence-corrected chi connectivity index (χ2v) is 4.03. The van der Waals surface area contributed by atoms with Gasteiger partial charge in [0.25, 0.3) is 5.91 Å². The summed E-state index contributed by atoms with van der Waals surface area (Å²) in [5.74, 6) is 4.53. The van der Waals surface area contributed by atoms with Crippen LogP contribution >= 0.6 is 11.6 Å². The van der Waals surface area contributed by atoms with E-state index in [-0.39, 0.29) is 16.4 Å². The van der Waals surface area contributed by atoms with E-state index >= 15 is 0 Å². The van der Waals surface area contributed by atoms with Crippen LogP contribution < -0.4 is 16.6 Å². The molecule has 2 aromatic rings. The molecule has 5 nitrogen and oxygen atoms in total. The molecule has 0 unspecified atom stereocenters. The zero-order valence-corrected chi connectivity index (χ0v) is 10.4. The first-order valence-corrected chi connectivity index (χ1v) is 5.67. The number of hydrazine groups is 1. The third kappa shape index (κ3) is 2.98. The Labute approximate surface area is 113 Å². The summed E-state index contributed by atoms with van der Waals surface area (Å²) >= 11 is 5.63. The van der Waals surface area contributed by atoms with E-state index in [0.717, 1.165) is 0 Å². The number of carbonyl (C=O) groups is 1. The molecule has 0 bridgehead atoms. The Morgan fingerprint density at radius 3 is 2.84 bits per heavy atom. The van der Waals surface area contributed by atoms with Crippen molar-refractivity contribution in [3.8, 4) is 0 Å². The van der Waals surface area contributed by atoms with E-state index in [9.17, 15) is 9.18 Å². The normalized spacial score (nSPS) is 10.1. The van der Waals surface area contributed by atoms with Gasteiger partial charge in [-0.3, -0.25) is 4.79 Å². The van der Waals surface area contributed by atoms with Crippen molar-refractivity contribution in [2.45, 2.75) is 0 Å². The molecule has 0 fully saturated rings. The van der Waals surface area contributed by atoms with E-state index in [2.05, 4.69) is 15.7 Å². The number of nitrogens with two attached hydrogens (primary N) is 1. The Morgan fingerprint density at radius 2 is 2.16 bits per heavy atom. The number of amides is 1. The first-order chi connectivity index (χ1) is 9.11. The van der Waals surface area contributed by atoms with Gasteiger partial charge in [0.1, 0.15) is 5.82 Å². The minimum atomic E-state index is -0.551. The number of carbonyl (C=O) groups excluding carboxylic acids is 1.